The van der Waals surface area contributed by atoms with E-state index in [1.807, 2.05) is 18.2 Å². The van der Waals surface area contributed by atoms with Crippen molar-refractivity contribution < 1.29 is 9.90 Å². The highest BCUT2D eigenvalue weighted by Gasteiger charge is 2.29. The predicted molar refractivity (Wildman–Crippen MR) is 92.3 cm³/mol. The van der Waals surface area contributed by atoms with Crippen molar-refractivity contribution in [1.29, 1.82) is 0 Å². The Hall–Kier alpha value is -1.59. The zero-order valence-electron chi connectivity index (χ0n) is 14.4. The molecule has 0 spiro atoms. The number of carbonyl (C=O) groups excluding carboxylic acids is 1. The molecule has 1 aliphatic rings. The summed E-state index contributed by atoms with van der Waals surface area (Å²) in [4.78, 5) is 14.0. The first-order chi connectivity index (χ1) is 10.9. The number of aliphatic hydroxyl groups is 1. The SMILES string of the molecule is CC(NC(C)(C)CNC(=O)N1CCCC1CO)c1ccccc1. The van der Waals surface area contributed by atoms with Gasteiger partial charge >= 0.3 is 6.03 Å². The number of nitrogens with zero attached hydrogens (tertiary/aromatic N) is 1. The fraction of sp³-hybridized carbons (Fsp3) is 0.611. The molecule has 5 heteroatoms. The van der Waals surface area contributed by atoms with E-state index < -0.39 is 0 Å². The van der Waals surface area contributed by atoms with Crippen molar-refractivity contribution in [2.75, 3.05) is 19.7 Å². The third kappa shape index (κ3) is 4.94. The van der Waals surface area contributed by atoms with Crippen molar-refractivity contribution in [3.05, 3.63) is 35.9 Å². The number of likely N-dealkylation sites (tertiary alicyclic amines) is 1. The molecule has 3 N–H and O–H groups in total. The number of carbonyl (C=O) groups is 1. The fourth-order valence-corrected chi connectivity index (χ4v) is 3.15. The van der Waals surface area contributed by atoms with Crippen LogP contribution in [-0.2, 0) is 0 Å². The van der Waals surface area contributed by atoms with E-state index in [1.54, 1.807) is 4.90 Å². The van der Waals surface area contributed by atoms with Crippen LogP contribution in [0, 0.1) is 0 Å². The summed E-state index contributed by atoms with van der Waals surface area (Å²) in [6, 6.07) is 10.4. The first-order valence-electron chi connectivity index (χ1n) is 8.41. The largest absolute Gasteiger partial charge is 0.394 e. The minimum atomic E-state index is -0.223. The molecule has 0 aromatic heterocycles. The second-order valence-electron chi connectivity index (χ2n) is 6.99. The van der Waals surface area contributed by atoms with Crippen molar-refractivity contribution in [1.82, 2.24) is 15.5 Å². The summed E-state index contributed by atoms with van der Waals surface area (Å²) in [5, 5.41) is 15.9. The molecule has 5 nitrogen and oxygen atoms in total. The minimum absolute atomic E-state index is 0.0330. The molecule has 2 unspecified atom stereocenters. The maximum atomic E-state index is 12.3. The monoisotopic (exact) mass is 319 g/mol. The van der Waals surface area contributed by atoms with Crippen LogP contribution in [0.2, 0.25) is 0 Å². The van der Waals surface area contributed by atoms with Crippen molar-refractivity contribution in [3.8, 4) is 0 Å². The van der Waals surface area contributed by atoms with Crippen LogP contribution in [0.1, 0.15) is 45.2 Å². The van der Waals surface area contributed by atoms with E-state index in [0.717, 1.165) is 19.4 Å². The summed E-state index contributed by atoms with van der Waals surface area (Å²) in [6.07, 6.45) is 1.85. The lowest BCUT2D eigenvalue weighted by molar-refractivity contribution is 0.155. The van der Waals surface area contributed by atoms with Crippen LogP contribution in [-0.4, -0.2) is 47.3 Å². The van der Waals surface area contributed by atoms with Crippen LogP contribution >= 0.6 is 0 Å². The first kappa shape index (κ1) is 17.8. The van der Waals surface area contributed by atoms with E-state index in [1.165, 1.54) is 5.56 Å². The van der Waals surface area contributed by atoms with Gasteiger partial charge in [0.2, 0.25) is 0 Å². The fourth-order valence-electron chi connectivity index (χ4n) is 3.15. The number of hydrogen-bond donors (Lipinski definition) is 3. The molecule has 23 heavy (non-hydrogen) atoms. The van der Waals surface area contributed by atoms with Gasteiger partial charge in [0.1, 0.15) is 0 Å². The molecular weight excluding hydrogens is 290 g/mol. The van der Waals surface area contributed by atoms with E-state index >= 15 is 0 Å². The summed E-state index contributed by atoms with van der Waals surface area (Å²) in [5.74, 6) is 0. The van der Waals surface area contributed by atoms with Crippen molar-refractivity contribution in [2.45, 2.75) is 51.2 Å². The molecule has 1 saturated heterocycles. The van der Waals surface area contributed by atoms with Gasteiger partial charge < -0.3 is 20.6 Å². The van der Waals surface area contributed by atoms with Gasteiger partial charge in [0.25, 0.3) is 0 Å². The van der Waals surface area contributed by atoms with Crippen LogP contribution in [0.4, 0.5) is 4.79 Å². The average Bonchev–Trinajstić information content (AvgIpc) is 3.02. The molecule has 2 rings (SSSR count). The second-order valence-corrected chi connectivity index (χ2v) is 6.99. The minimum Gasteiger partial charge on any atom is -0.394 e. The standard InChI is InChI=1S/C18H29N3O2/c1-14(15-8-5-4-6-9-15)20-18(2,3)13-19-17(23)21-11-7-10-16(21)12-22/h4-6,8-9,14,16,20,22H,7,10-13H2,1-3H3,(H,19,23). The van der Waals surface area contributed by atoms with Crippen LogP contribution in [0.15, 0.2) is 30.3 Å². The summed E-state index contributed by atoms with van der Waals surface area (Å²) >= 11 is 0. The van der Waals surface area contributed by atoms with Crippen molar-refractivity contribution in [3.63, 3.8) is 0 Å². The third-order valence-corrected chi connectivity index (χ3v) is 4.44. The normalized spacial score (nSPS) is 19.7. The molecule has 0 saturated carbocycles. The maximum Gasteiger partial charge on any atom is 0.317 e. The number of nitrogens with one attached hydrogen (secondary N) is 2. The number of benzene rings is 1. The van der Waals surface area contributed by atoms with Gasteiger partial charge in [-0.3, -0.25) is 0 Å². The molecule has 1 fully saturated rings. The van der Waals surface area contributed by atoms with Crippen LogP contribution in [0.25, 0.3) is 0 Å². The van der Waals surface area contributed by atoms with Gasteiger partial charge in [0, 0.05) is 24.7 Å². The third-order valence-electron chi connectivity index (χ3n) is 4.44. The van der Waals surface area contributed by atoms with Crippen molar-refractivity contribution in [2.24, 2.45) is 0 Å². The molecule has 2 amide bonds. The molecular formula is C18H29N3O2. The molecule has 0 bridgehead atoms. The Bertz CT molecular complexity index is 504. The summed E-state index contributed by atoms with van der Waals surface area (Å²) in [6.45, 7) is 7.60. The van der Waals surface area contributed by atoms with Crippen LogP contribution < -0.4 is 10.6 Å². The van der Waals surface area contributed by atoms with E-state index in [9.17, 15) is 9.90 Å². The Morgan fingerprint density at radius 1 is 1.39 bits per heavy atom. The Morgan fingerprint density at radius 3 is 2.74 bits per heavy atom. The Balaban J connectivity index is 1.85. The van der Waals surface area contributed by atoms with E-state index in [0.29, 0.717) is 6.54 Å². The molecule has 2 atom stereocenters. The lowest BCUT2D eigenvalue weighted by Gasteiger charge is -2.32. The van der Waals surface area contributed by atoms with Gasteiger partial charge in [-0.05, 0) is 39.2 Å². The number of aliphatic hydroxyl groups excluding tert-OH is 1. The zero-order valence-corrected chi connectivity index (χ0v) is 14.4. The number of amides is 2. The summed E-state index contributed by atoms with van der Waals surface area (Å²) in [5.41, 5.74) is 1.01. The van der Waals surface area contributed by atoms with Gasteiger partial charge in [-0.15, -0.1) is 0 Å². The highest BCUT2D eigenvalue weighted by Crippen LogP contribution is 2.18. The first-order valence-corrected chi connectivity index (χ1v) is 8.41. The quantitative estimate of drug-likeness (QED) is 0.754. The molecule has 1 aliphatic heterocycles. The molecule has 1 aromatic carbocycles. The summed E-state index contributed by atoms with van der Waals surface area (Å²) in [7, 11) is 0. The Kier molecular flexibility index (Phi) is 6.02. The van der Waals surface area contributed by atoms with Crippen LogP contribution in [0.5, 0.6) is 0 Å². The topological polar surface area (TPSA) is 64.6 Å². The highest BCUT2D eigenvalue weighted by atomic mass is 16.3. The van der Waals surface area contributed by atoms with Crippen LogP contribution in [0.3, 0.4) is 0 Å². The number of urea groups is 1. The van der Waals surface area contributed by atoms with Gasteiger partial charge in [-0.2, -0.15) is 0 Å². The predicted octanol–water partition coefficient (Wildman–Crippen LogP) is 2.28. The Labute approximate surface area is 139 Å². The molecule has 0 radical (unpaired) electrons. The summed E-state index contributed by atoms with van der Waals surface area (Å²) < 4.78 is 0. The van der Waals surface area contributed by atoms with Crippen molar-refractivity contribution >= 4 is 6.03 Å². The zero-order chi connectivity index (χ0) is 16.9. The maximum absolute atomic E-state index is 12.3. The number of rotatable bonds is 6. The van der Waals surface area contributed by atoms with Gasteiger partial charge in [0.05, 0.1) is 12.6 Å². The van der Waals surface area contributed by atoms with Gasteiger partial charge in [0.15, 0.2) is 0 Å². The molecule has 0 aliphatic carbocycles. The highest BCUT2D eigenvalue weighted by molar-refractivity contribution is 5.75. The Morgan fingerprint density at radius 2 is 2.09 bits per heavy atom. The second kappa shape index (κ2) is 7.79. The molecule has 1 heterocycles. The van der Waals surface area contributed by atoms with Gasteiger partial charge in [-0.1, -0.05) is 30.3 Å². The molecule has 1 aromatic rings. The van der Waals surface area contributed by atoms with E-state index in [-0.39, 0.29) is 30.3 Å². The van der Waals surface area contributed by atoms with E-state index in [2.05, 4.69) is 43.5 Å². The van der Waals surface area contributed by atoms with E-state index in [4.69, 9.17) is 0 Å². The average molecular weight is 319 g/mol. The smallest absolute Gasteiger partial charge is 0.317 e. The number of hydrogen-bond acceptors (Lipinski definition) is 3. The lowest BCUT2D eigenvalue weighted by atomic mass is 10.0. The van der Waals surface area contributed by atoms with Gasteiger partial charge in [-0.25, -0.2) is 4.79 Å². The lowest BCUT2D eigenvalue weighted by Crippen LogP contribution is -2.53. The molecule has 128 valence electrons.